The quantitative estimate of drug-likeness (QED) is 0.698. The maximum Gasteiger partial charge on any atom is 0.266 e. The van der Waals surface area contributed by atoms with Gasteiger partial charge in [0, 0.05) is 0 Å². The molecular formula is C7H5BrClF2N. The highest BCUT2D eigenvalue weighted by atomic mass is 79.9. The van der Waals surface area contributed by atoms with Crippen LogP contribution in [-0.2, 0) is 0 Å². The Morgan fingerprint density at radius 3 is 2.67 bits per heavy atom. The lowest BCUT2D eigenvalue weighted by Crippen LogP contribution is -1.92. The van der Waals surface area contributed by atoms with Gasteiger partial charge in [-0.05, 0) is 28.9 Å². The number of nitrogens with zero attached hydrogens (tertiary/aromatic N) is 1. The lowest BCUT2D eigenvalue weighted by Gasteiger charge is -2.04. The number of pyridine rings is 1. The number of hydrogen-bond donors (Lipinski definition) is 0. The minimum atomic E-state index is -2.55. The molecule has 0 bridgehead atoms. The number of hydrogen-bond acceptors (Lipinski definition) is 1. The third-order valence-corrected chi connectivity index (χ3v) is 2.38. The minimum Gasteiger partial charge on any atom is -0.244 e. The standard InChI is InChI=1S/C7H5BrClF2N/c1-3-5(9)2-4(7(10)11)6(8)12-3/h2,7H,1H3. The van der Waals surface area contributed by atoms with E-state index in [1.807, 2.05) is 0 Å². The van der Waals surface area contributed by atoms with Gasteiger partial charge in [-0.15, -0.1) is 0 Å². The molecule has 0 aliphatic carbocycles. The van der Waals surface area contributed by atoms with Crippen molar-refractivity contribution in [1.82, 2.24) is 4.98 Å². The molecule has 0 saturated heterocycles. The summed E-state index contributed by atoms with van der Waals surface area (Å²) < 4.78 is 24.6. The summed E-state index contributed by atoms with van der Waals surface area (Å²) in [6, 6.07) is 1.22. The van der Waals surface area contributed by atoms with Crippen LogP contribution < -0.4 is 0 Å². The first kappa shape index (κ1) is 9.86. The monoisotopic (exact) mass is 255 g/mol. The van der Waals surface area contributed by atoms with Crippen LogP contribution in [0.15, 0.2) is 10.7 Å². The highest BCUT2D eigenvalue weighted by Crippen LogP contribution is 2.29. The van der Waals surface area contributed by atoms with Crippen LogP contribution in [0.25, 0.3) is 0 Å². The van der Waals surface area contributed by atoms with E-state index in [1.165, 1.54) is 6.07 Å². The predicted octanol–water partition coefficient (Wildman–Crippen LogP) is 3.74. The Morgan fingerprint density at radius 1 is 1.58 bits per heavy atom. The number of halogens is 4. The van der Waals surface area contributed by atoms with E-state index in [0.29, 0.717) is 5.69 Å². The average molecular weight is 256 g/mol. The minimum absolute atomic E-state index is 0.152. The summed E-state index contributed by atoms with van der Waals surface area (Å²) in [6.07, 6.45) is -2.55. The van der Waals surface area contributed by atoms with Crippen molar-refractivity contribution in [1.29, 1.82) is 0 Å². The second-order valence-corrected chi connectivity index (χ2v) is 3.39. The molecule has 1 rings (SSSR count). The molecule has 1 aromatic heterocycles. The molecule has 0 saturated carbocycles. The molecule has 0 radical (unpaired) electrons. The van der Waals surface area contributed by atoms with Gasteiger partial charge in [0.05, 0.1) is 16.3 Å². The van der Waals surface area contributed by atoms with Crippen molar-refractivity contribution in [3.05, 3.63) is 26.9 Å². The molecule has 5 heteroatoms. The molecule has 0 aliphatic heterocycles. The third-order valence-electron chi connectivity index (χ3n) is 1.37. The van der Waals surface area contributed by atoms with Gasteiger partial charge in [-0.25, -0.2) is 13.8 Å². The number of alkyl halides is 2. The molecule has 0 aliphatic rings. The van der Waals surface area contributed by atoms with E-state index >= 15 is 0 Å². The predicted molar refractivity (Wildman–Crippen MR) is 46.6 cm³/mol. The van der Waals surface area contributed by atoms with Gasteiger partial charge in [0.2, 0.25) is 0 Å². The maximum atomic E-state index is 12.2. The number of aromatic nitrogens is 1. The smallest absolute Gasteiger partial charge is 0.244 e. The molecule has 0 unspecified atom stereocenters. The van der Waals surface area contributed by atoms with E-state index in [-0.39, 0.29) is 15.2 Å². The Kier molecular flexibility index (Phi) is 3.01. The SMILES string of the molecule is Cc1nc(Br)c(C(F)F)cc1Cl. The fourth-order valence-electron chi connectivity index (χ4n) is 0.719. The van der Waals surface area contributed by atoms with E-state index in [1.54, 1.807) is 6.92 Å². The van der Waals surface area contributed by atoms with E-state index in [0.717, 1.165) is 0 Å². The molecule has 0 fully saturated rings. The van der Waals surface area contributed by atoms with Crippen LogP contribution >= 0.6 is 27.5 Å². The summed E-state index contributed by atoms with van der Waals surface area (Å²) >= 11 is 8.55. The van der Waals surface area contributed by atoms with Gasteiger partial charge < -0.3 is 0 Å². The first-order chi connectivity index (χ1) is 5.52. The second-order valence-electron chi connectivity index (χ2n) is 2.24. The van der Waals surface area contributed by atoms with Gasteiger partial charge in [0.25, 0.3) is 6.43 Å². The lowest BCUT2D eigenvalue weighted by atomic mass is 10.2. The molecule has 0 aromatic carbocycles. The van der Waals surface area contributed by atoms with E-state index < -0.39 is 6.43 Å². The third kappa shape index (κ3) is 1.93. The van der Waals surface area contributed by atoms with Crippen LogP contribution in [0.1, 0.15) is 17.7 Å². The second kappa shape index (κ2) is 3.66. The van der Waals surface area contributed by atoms with Crippen molar-refractivity contribution < 1.29 is 8.78 Å². The van der Waals surface area contributed by atoms with Crippen LogP contribution in [0, 0.1) is 6.92 Å². The molecule has 0 amide bonds. The maximum absolute atomic E-state index is 12.2. The topological polar surface area (TPSA) is 12.9 Å². The van der Waals surface area contributed by atoms with Crippen LogP contribution in [0.2, 0.25) is 5.02 Å². The average Bonchev–Trinajstić information content (AvgIpc) is 1.96. The van der Waals surface area contributed by atoms with Gasteiger partial charge in [0.15, 0.2) is 0 Å². The molecule has 0 spiro atoms. The van der Waals surface area contributed by atoms with Crippen molar-refractivity contribution in [2.24, 2.45) is 0 Å². The van der Waals surface area contributed by atoms with Crippen LogP contribution in [0.4, 0.5) is 8.78 Å². The fraction of sp³-hybridized carbons (Fsp3) is 0.286. The Balaban J connectivity index is 3.23. The van der Waals surface area contributed by atoms with Crippen molar-refractivity contribution in [2.75, 3.05) is 0 Å². The Labute approximate surface area is 81.9 Å². The van der Waals surface area contributed by atoms with Crippen LogP contribution in [0.3, 0.4) is 0 Å². The largest absolute Gasteiger partial charge is 0.266 e. The van der Waals surface area contributed by atoms with Crippen molar-refractivity contribution >= 4 is 27.5 Å². The molecule has 1 aromatic rings. The van der Waals surface area contributed by atoms with Crippen molar-refractivity contribution in [2.45, 2.75) is 13.3 Å². The van der Waals surface area contributed by atoms with Gasteiger partial charge in [0.1, 0.15) is 4.60 Å². The van der Waals surface area contributed by atoms with Crippen LogP contribution in [-0.4, -0.2) is 4.98 Å². The van der Waals surface area contributed by atoms with Gasteiger partial charge in [-0.1, -0.05) is 11.6 Å². The zero-order chi connectivity index (χ0) is 9.30. The van der Waals surface area contributed by atoms with Gasteiger partial charge in [-0.2, -0.15) is 0 Å². The zero-order valence-electron chi connectivity index (χ0n) is 6.11. The van der Waals surface area contributed by atoms with E-state index in [9.17, 15) is 8.78 Å². The Bertz CT molecular complexity index is 304. The number of rotatable bonds is 1. The normalized spacial score (nSPS) is 10.8. The molecule has 1 heterocycles. The van der Waals surface area contributed by atoms with Crippen molar-refractivity contribution in [3.63, 3.8) is 0 Å². The highest BCUT2D eigenvalue weighted by molar-refractivity contribution is 9.10. The molecule has 66 valence electrons. The zero-order valence-corrected chi connectivity index (χ0v) is 8.46. The van der Waals surface area contributed by atoms with E-state index in [4.69, 9.17) is 11.6 Å². The molecule has 1 nitrogen and oxygen atoms in total. The fourth-order valence-corrected chi connectivity index (χ4v) is 1.43. The van der Waals surface area contributed by atoms with Gasteiger partial charge in [-0.3, -0.25) is 0 Å². The Morgan fingerprint density at radius 2 is 2.17 bits per heavy atom. The van der Waals surface area contributed by atoms with Crippen LogP contribution in [0.5, 0.6) is 0 Å². The molecule has 0 N–H and O–H groups in total. The molecular weight excluding hydrogens is 251 g/mol. The first-order valence-electron chi connectivity index (χ1n) is 3.13. The summed E-state index contributed by atoms with van der Waals surface area (Å²) in [6.45, 7) is 1.66. The van der Waals surface area contributed by atoms with Gasteiger partial charge >= 0.3 is 0 Å². The summed E-state index contributed by atoms with van der Waals surface area (Å²) in [5.41, 5.74) is 0.360. The molecule has 12 heavy (non-hydrogen) atoms. The highest BCUT2D eigenvalue weighted by Gasteiger charge is 2.14. The summed E-state index contributed by atoms with van der Waals surface area (Å²) in [7, 11) is 0. The summed E-state index contributed by atoms with van der Waals surface area (Å²) in [5, 5.41) is 0.258. The van der Waals surface area contributed by atoms with Crippen molar-refractivity contribution in [3.8, 4) is 0 Å². The number of aryl methyl sites for hydroxylation is 1. The summed E-state index contributed by atoms with van der Waals surface area (Å²) in [4.78, 5) is 3.80. The molecule has 0 atom stereocenters. The van der Waals surface area contributed by atoms with E-state index in [2.05, 4.69) is 20.9 Å². The summed E-state index contributed by atoms with van der Waals surface area (Å²) in [5.74, 6) is 0. The Hall–Kier alpha value is -0.220. The lowest BCUT2D eigenvalue weighted by molar-refractivity contribution is 0.150. The first-order valence-corrected chi connectivity index (χ1v) is 4.30.